The minimum absolute atomic E-state index is 0.0298. The maximum atomic E-state index is 11.4. The van der Waals surface area contributed by atoms with Gasteiger partial charge in [0.25, 0.3) is 0 Å². The molecule has 6 heteroatoms. The summed E-state index contributed by atoms with van der Waals surface area (Å²) in [6, 6.07) is 7.74. The number of H-pyrrole nitrogens is 1. The summed E-state index contributed by atoms with van der Waals surface area (Å²) in [7, 11) is -3.08. The van der Waals surface area contributed by atoms with E-state index in [0.29, 0.717) is 6.54 Å². The summed E-state index contributed by atoms with van der Waals surface area (Å²) < 4.78 is 22.8. The molecule has 0 saturated carbocycles. The van der Waals surface area contributed by atoms with Crippen LogP contribution in [0.5, 0.6) is 0 Å². The smallest absolute Gasteiger partial charge is 0.154 e. The van der Waals surface area contributed by atoms with Crippen LogP contribution in [0.1, 0.15) is 5.56 Å². The van der Waals surface area contributed by atoms with E-state index in [4.69, 9.17) is 0 Å². The molecule has 2 atom stereocenters. The van der Waals surface area contributed by atoms with Crippen LogP contribution < -0.4 is 5.32 Å². The summed E-state index contributed by atoms with van der Waals surface area (Å²) in [4.78, 5) is 3.22. The summed E-state index contributed by atoms with van der Waals surface area (Å²) in [5, 5.41) is 14.0. The molecule has 1 aliphatic rings. The van der Waals surface area contributed by atoms with E-state index in [0.717, 1.165) is 11.9 Å². The number of para-hydroxylation sites is 1. The molecule has 1 aromatic heterocycles. The number of benzene rings is 1. The highest BCUT2D eigenvalue weighted by Crippen LogP contribution is 2.18. The molecular weight excluding hydrogens is 276 g/mol. The average molecular weight is 294 g/mol. The Bertz CT molecular complexity index is 708. The summed E-state index contributed by atoms with van der Waals surface area (Å²) >= 11 is 0. The van der Waals surface area contributed by atoms with E-state index < -0.39 is 15.9 Å². The third-order valence-corrected chi connectivity index (χ3v) is 5.51. The first-order valence-electron chi connectivity index (χ1n) is 6.72. The Hall–Kier alpha value is -1.37. The predicted octanol–water partition coefficient (Wildman–Crippen LogP) is 0.458. The summed E-state index contributed by atoms with van der Waals surface area (Å²) in [5.41, 5.74) is 2.30. The number of rotatable bonds is 4. The van der Waals surface area contributed by atoms with Crippen LogP contribution in [-0.4, -0.2) is 48.7 Å². The van der Waals surface area contributed by atoms with Crippen molar-refractivity contribution in [1.82, 2.24) is 10.3 Å². The topological polar surface area (TPSA) is 82.2 Å². The number of aromatic amines is 1. The number of aliphatic hydroxyl groups is 1. The van der Waals surface area contributed by atoms with Crippen LogP contribution in [0.3, 0.4) is 0 Å². The molecule has 0 radical (unpaired) electrons. The van der Waals surface area contributed by atoms with Gasteiger partial charge in [0.05, 0.1) is 17.6 Å². The first-order chi connectivity index (χ1) is 9.55. The van der Waals surface area contributed by atoms with E-state index in [1.807, 2.05) is 24.4 Å². The van der Waals surface area contributed by atoms with Crippen LogP contribution in [0.25, 0.3) is 10.9 Å². The van der Waals surface area contributed by atoms with Crippen LogP contribution in [0.2, 0.25) is 0 Å². The molecular formula is C14H18N2O3S. The van der Waals surface area contributed by atoms with E-state index in [1.54, 1.807) is 0 Å². The molecule has 0 spiro atoms. The molecule has 1 saturated heterocycles. The number of fused-ring (bicyclic) bond motifs is 1. The lowest BCUT2D eigenvalue weighted by Crippen LogP contribution is -2.39. The zero-order valence-electron chi connectivity index (χ0n) is 11.0. The van der Waals surface area contributed by atoms with Gasteiger partial charge in [0, 0.05) is 23.1 Å². The largest absolute Gasteiger partial charge is 0.390 e. The normalized spacial score (nSPS) is 25.2. The van der Waals surface area contributed by atoms with Gasteiger partial charge >= 0.3 is 0 Å². The van der Waals surface area contributed by atoms with Crippen molar-refractivity contribution in [2.45, 2.75) is 18.6 Å². The van der Waals surface area contributed by atoms with Gasteiger partial charge in [-0.05, 0) is 24.6 Å². The highest BCUT2D eigenvalue weighted by atomic mass is 32.2. The molecule has 1 aliphatic heterocycles. The Labute approximate surface area is 117 Å². The van der Waals surface area contributed by atoms with Crippen LogP contribution >= 0.6 is 0 Å². The number of aliphatic hydroxyl groups excluding tert-OH is 1. The third kappa shape index (κ3) is 2.72. The Morgan fingerprint density at radius 1 is 1.30 bits per heavy atom. The fourth-order valence-electron chi connectivity index (χ4n) is 2.75. The summed E-state index contributed by atoms with van der Waals surface area (Å²) in [6.45, 7) is 0.652. The lowest BCUT2D eigenvalue weighted by molar-refractivity contribution is 0.166. The number of hydrogen-bond acceptors (Lipinski definition) is 4. The van der Waals surface area contributed by atoms with Crippen LogP contribution in [0, 0.1) is 0 Å². The number of sulfone groups is 1. The summed E-state index contributed by atoms with van der Waals surface area (Å²) in [5.74, 6) is -0.0974. The molecule has 0 bridgehead atoms. The molecule has 5 nitrogen and oxygen atoms in total. The number of aromatic nitrogens is 1. The Kier molecular flexibility index (Phi) is 3.54. The first-order valence-corrected chi connectivity index (χ1v) is 8.54. The molecule has 108 valence electrons. The van der Waals surface area contributed by atoms with Gasteiger partial charge in [-0.3, -0.25) is 0 Å². The maximum Gasteiger partial charge on any atom is 0.154 e. The van der Waals surface area contributed by atoms with Gasteiger partial charge in [0.15, 0.2) is 9.84 Å². The van der Waals surface area contributed by atoms with Gasteiger partial charge < -0.3 is 15.4 Å². The first kappa shape index (κ1) is 13.6. The Morgan fingerprint density at radius 3 is 2.85 bits per heavy atom. The van der Waals surface area contributed by atoms with Crippen molar-refractivity contribution in [3.8, 4) is 0 Å². The van der Waals surface area contributed by atoms with Crippen LogP contribution in [-0.2, 0) is 16.3 Å². The lowest BCUT2D eigenvalue weighted by atomic mass is 10.1. The van der Waals surface area contributed by atoms with Crippen LogP contribution in [0.15, 0.2) is 30.5 Å². The molecule has 3 rings (SSSR count). The molecule has 1 fully saturated rings. The second kappa shape index (κ2) is 5.20. The van der Waals surface area contributed by atoms with E-state index in [-0.39, 0.29) is 17.5 Å². The number of nitrogens with one attached hydrogen (secondary N) is 2. The monoisotopic (exact) mass is 294 g/mol. The molecule has 0 amide bonds. The Morgan fingerprint density at radius 2 is 2.10 bits per heavy atom. The molecule has 0 unspecified atom stereocenters. The molecule has 3 N–H and O–H groups in total. The zero-order valence-corrected chi connectivity index (χ0v) is 11.9. The molecule has 1 aromatic carbocycles. The van der Waals surface area contributed by atoms with E-state index >= 15 is 0 Å². The fraction of sp³-hybridized carbons (Fsp3) is 0.429. The fourth-order valence-corrected chi connectivity index (χ4v) is 4.53. The quantitative estimate of drug-likeness (QED) is 0.765. The van der Waals surface area contributed by atoms with Crippen molar-refractivity contribution in [2.24, 2.45) is 0 Å². The van der Waals surface area contributed by atoms with Gasteiger partial charge in [-0.1, -0.05) is 18.2 Å². The minimum atomic E-state index is -3.08. The van der Waals surface area contributed by atoms with Crippen molar-refractivity contribution in [3.63, 3.8) is 0 Å². The second-order valence-corrected chi connectivity index (χ2v) is 7.47. The standard InChI is InChI=1S/C14H18N2O3S/c17-14-9-20(18,19)8-13(14)15-6-5-10-7-16-12-4-2-1-3-11(10)12/h1-4,7,13-17H,5-6,8-9H2/t13-,14+/m1/s1. The van der Waals surface area contributed by atoms with E-state index in [1.165, 1.54) is 10.9 Å². The van der Waals surface area contributed by atoms with Gasteiger partial charge in [0.2, 0.25) is 0 Å². The highest BCUT2D eigenvalue weighted by Gasteiger charge is 2.35. The van der Waals surface area contributed by atoms with Crippen molar-refractivity contribution < 1.29 is 13.5 Å². The lowest BCUT2D eigenvalue weighted by Gasteiger charge is -2.14. The molecule has 2 heterocycles. The van der Waals surface area contributed by atoms with E-state index in [2.05, 4.69) is 16.4 Å². The molecule has 2 aromatic rings. The molecule has 0 aliphatic carbocycles. The van der Waals surface area contributed by atoms with E-state index in [9.17, 15) is 13.5 Å². The SMILES string of the molecule is O=S1(=O)C[C@H](O)[C@H](NCCc2c[nH]c3ccccc23)C1. The predicted molar refractivity (Wildman–Crippen MR) is 78.5 cm³/mol. The maximum absolute atomic E-state index is 11.4. The average Bonchev–Trinajstić information content (AvgIpc) is 2.91. The van der Waals surface area contributed by atoms with Crippen molar-refractivity contribution >= 4 is 20.7 Å². The number of hydrogen-bond donors (Lipinski definition) is 3. The van der Waals surface area contributed by atoms with Crippen LogP contribution in [0.4, 0.5) is 0 Å². The third-order valence-electron chi connectivity index (χ3n) is 3.80. The van der Waals surface area contributed by atoms with Gasteiger partial charge in [0.1, 0.15) is 0 Å². The summed E-state index contributed by atoms with van der Waals surface area (Å²) in [6.07, 6.45) is 1.99. The van der Waals surface area contributed by atoms with Gasteiger partial charge in [-0.25, -0.2) is 8.42 Å². The van der Waals surface area contributed by atoms with Crippen molar-refractivity contribution in [2.75, 3.05) is 18.1 Å². The highest BCUT2D eigenvalue weighted by molar-refractivity contribution is 7.91. The van der Waals surface area contributed by atoms with Crippen molar-refractivity contribution in [1.29, 1.82) is 0 Å². The molecule has 20 heavy (non-hydrogen) atoms. The van der Waals surface area contributed by atoms with Gasteiger partial charge in [-0.15, -0.1) is 0 Å². The zero-order chi connectivity index (χ0) is 14.2. The van der Waals surface area contributed by atoms with Crippen molar-refractivity contribution in [3.05, 3.63) is 36.0 Å². The minimum Gasteiger partial charge on any atom is -0.390 e. The second-order valence-electron chi connectivity index (χ2n) is 5.31. The van der Waals surface area contributed by atoms with Gasteiger partial charge in [-0.2, -0.15) is 0 Å². The Balaban J connectivity index is 1.61.